The monoisotopic (exact) mass is 636 g/mol. The molecule has 0 unspecified atom stereocenters. The van der Waals surface area contributed by atoms with E-state index in [1.54, 1.807) is 26.8 Å². The van der Waals surface area contributed by atoms with E-state index in [1.165, 1.54) is 12.1 Å². The van der Waals surface area contributed by atoms with Crippen molar-refractivity contribution in [3.63, 3.8) is 0 Å². The average molecular weight is 637 g/mol. The van der Waals surface area contributed by atoms with Crippen molar-refractivity contribution >= 4 is 28.5 Å². The zero-order valence-electron chi connectivity index (χ0n) is 26.8. The molecule has 2 aromatic heterocycles. The number of rotatable bonds is 9. The van der Waals surface area contributed by atoms with Crippen molar-refractivity contribution in [2.24, 2.45) is 5.41 Å². The Labute approximate surface area is 267 Å². The highest BCUT2D eigenvalue weighted by Crippen LogP contribution is 2.46. The first-order chi connectivity index (χ1) is 22.0. The Kier molecular flexibility index (Phi) is 8.97. The molecule has 1 atom stereocenters. The summed E-state index contributed by atoms with van der Waals surface area (Å²) < 4.78 is 43.2. The number of ether oxygens (including phenoxy) is 2. The number of anilines is 1. The quantitative estimate of drug-likeness (QED) is 0.361. The van der Waals surface area contributed by atoms with E-state index in [2.05, 4.69) is 26.7 Å². The van der Waals surface area contributed by atoms with Gasteiger partial charge in [-0.25, -0.2) is 8.78 Å². The lowest BCUT2D eigenvalue weighted by Crippen LogP contribution is -2.46. The molecule has 3 aliphatic rings. The zero-order chi connectivity index (χ0) is 32.6. The van der Waals surface area contributed by atoms with Gasteiger partial charge in [0.05, 0.1) is 25.4 Å². The maximum absolute atomic E-state index is 16.8. The van der Waals surface area contributed by atoms with Gasteiger partial charge in [-0.1, -0.05) is 19.6 Å². The summed E-state index contributed by atoms with van der Waals surface area (Å²) in [5, 5.41) is 31.0. The van der Waals surface area contributed by atoms with Crippen LogP contribution in [0.15, 0.2) is 24.5 Å². The summed E-state index contributed by atoms with van der Waals surface area (Å²) >= 11 is 0. The number of aromatic hydroxyl groups is 1. The van der Waals surface area contributed by atoms with E-state index < -0.39 is 17.2 Å². The number of piperidine rings is 1. The first-order valence-corrected chi connectivity index (χ1v) is 16.0. The normalized spacial score (nSPS) is 22.7. The van der Waals surface area contributed by atoms with Gasteiger partial charge < -0.3 is 24.6 Å². The number of hydrogen-bond acceptors (Lipinski definition) is 10. The number of fused-ring (bicyclic) bond motifs is 1. The van der Waals surface area contributed by atoms with Crippen molar-refractivity contribution in [1.29, 1.82) is 0 Å². The second-order valence-electron chi connectivity index (χ2n) is 13.1. The van der Waals surface area contributed by atoms with Gasteiger partial charge in [-0.3, -0.25) is 4.90 Å². The molecule has 0 radical (unpaired) electrons. The minimum atomic E-state index is -0.969. The second-order valence-corrected chi connectivity index (χ2v) is 13.1. The number of hydrogen-bond donors (Lipinski definition) is 2. The van der Waals surface area contributed by atoms with E-state index in [9.17, 15) is 14.6 Å². The molecule has 10 nitrogen and oxygen atoms in total. The number of benzene rings is 1. The summed E-state index contributed by atoms with van der Waals surface area (Å²) in [6.07, 6.45) is 5.34. The van der Waals surface area contributed by atoms with Crippen molar-refractivity contribution < 1.29 is 28.5 Å². The number of aliphatic hydroxyl groups is 1. The van der Waals surface area contributed by atoms with Gasteiger partial charge in [-0.2, -0.15) is 9.97 Å². The highest BCUT2D eigenvalue weighted by Gasteiger charge is 2.45. The third kappa shape index (κ3) is 6.56. The molecular formula is C34H42F2N6O4. The van der Waals surface area contributed by atoms with E-state index in [4.69, 9.17) is 14.5 Å². The van der Waals surface area contributed by atoms with Crippen molar-refractivity contribution in [1.82, 2.24) is 25.1 Å². The van der Waals surface area contributed by atoms with E-state index in [-0.39, 0.29) is 58.0 Å². The van der Waals surface area contributed by atoms with Crippen LogP contribution in [0.3, 0.4) is 0 Å². The van der Waals surface area contributed by atoms with Crippen molar-refractivity contribution in [2.45, 2.75) is 58.5 Å². The van der Waals surface area contributed by atoms with Gasteiger partial charge in [0.25, 0.3) is 0 Å². The first-order valence-electron chi connectivity index (χ1n) is 16.0. The summed E-state index contributed by atoms with van der Waals surface area (Å²) in [6, 6.07) is 2.85. The molecule has 0 bridgehead atoms. The molecule has 3 aromatic rings. The summed E-state index contributed by atoms with van der Waals surface area (Å²) in [5.74, 6) is -1.26. The first kappa shape index (κ1) is 32.2. The summed E-state index contributed by atoms with van der Waals surface area (Å²) in [4.78, 5) is 13.5. The number of β-amino-alcohol motifs (C(OH)–C–C–N with tert-alkyl or cyclic N) is 1. The topological polar surface area (TPSA) is 117 Å². The molecule has 2 saturated heterocycles. The Bertz CT molecular complexity index is 1770. The number of phenolic OH excluding ortho intramolecular Hbond substituents is 1. The Morgan fingerprint density at radius 3 is 2.54 bits per heavy atom. The van der Waals surface area contributed by atoms with E-state index >= 15 is 4.39 Å². The Hall–Kier alpha value is -3.74. The van der Waals surface area contributed by atoms with Gasteiger partial charge in [-0.15, -0.1) is 10.2 Å². The lowest BCUT2D eigenvalue weighted by atomic mass is 9.95. The fraction of sp³-hybridized carbons (Fsp3) is 0.529. The zero-order valence-corrected chi connectivity index (χ0v) is 26.8. The number of halogens is 2. The van der Waals surface area contributed by atoms with Crippen LogP contribution in [0.4, 0.5) is 14.6 Å². The van der Waals surface area contributed by atoms with Gasteiger partial charge in [0.1, 0.15) is 22.8 Å². The Morgan fingerprint density at radius 1 is 1.13 bits per heavy atom. The molecule has 2 aliphatic heterocycles. The smallest absolute Gasteiger partial charge is 0.319 e. The average Bonchev–Trinajstić information content (AvgIpc) is 3.80. The van der Waals surface area contributed by atoms with Crippen molar-refractivity contribution in [2.75, 3.05) is 57.4 Å². The molecule has 0 amide bonds. The van der Waals surface area contributed by atoms with Crippen LogP contribution in [0, 0.1) is 11.2 Å². The minimum Gasteiger partial charge on any atom is -0.508 e. The standard InChI is InChI=1S/C34H42F2N6O4/c1-5-22-16-23(43)17-25(26(22)24(6-2)21(3)35)28-27(36)29-30(40-39-28)31(42-11-7-8-33(4,44)18-42)38-32(37-29)46-20-34(9-10-34)19-41-12-14-45-15-13-41/h5,16-17,43-44H,3,6-15,18-20H2,1-2,4H3/b22-5-,26-24+/t33-/m1/s1. The number of phenols is 1. The molecule has 0 spiro atoms. The van der Waals surface area contributed by atoms with Gasteiger partial charge in [0.2, 0.25) is 0 Å². The maximum atomic E-state index is 16.8. The molecule has 1 aliphatic carbocycles. The maximum Gasteiger partial charge on any atom is 0.319 e. The van der Waals surface area contributed by atoms with Crippen LogP contribution < -0.4 is 20.1 Å². The molecule has 1 saturated carbocycles. The molecule has 46 heavy (non-hydrogen) atoms. The van der Waals surface area contributed by atoms with Crippen molar-refractivity contribution in [3.8, 4) is 23.0 Å². The van der Waals surface area contributed by atoms with E-state index in [0.717, 1.165) is 32.5 Å². The highest BCUT2D eigenvalue weighted by atomic mass is 19.1. The summed E-state index contributed by atoms with van der Waals surface area (Å²) in [7, 11) is 0. The van der Waals surface area contributed by atoms with Crippen LogP contribution in [-0.4, -0.2) is 93.4 Å². The van der Waals surface area contributed by atoms with Crippen LogP contribution in [0.2, 0.25) is 0 Å². The molecule has 1 aromatic carbocycles. The third-order valence-corrected chi connectivity index (χ3v) is 9.32. The van der Waals surface area contributed by atoms with E-state index in [1.807, 2.05) is 4.90 Å². The van der Waals surface area contributed by atoms with Gasteiger partial charge in [0, 0.05) is 43.7 Å². The van der Waals surface area contributed by atoms with Crippen LogP contribution in [0.5, 0.6) is 11.8 Å². The Balaban J connectivity index is 1.47. The minimum absolute atomic E-state index is 0.00970. The van der Waals surface area contributed by atoms with Gasteiger partial charge in [-0.05, 0) is 74.1 Å². The van der Waals surface area contributed by atoms with Crippen molar-refractivity contribution in [3.05, 3.63) is 40.8 Å². The third-order valence-electron chi connectivity index (χ3n) is 9.32. The highest BCUT2D eigenvalue weighted by molar-refractivity contribution is 5.89. The van der Waals surface area contributed by atoms with E-state index in [0.29, 0.717) is 55.5 Å². The lowest BCUT2D eigenvalue weighted by Gasteiger charge is -2.37. The number of morpholine rings is 1. The van der Waals surface area contributed by atoms with Crippen LogP contribution in [0.1, 0.15) is 52.9 Å². The van der Waals surface area contributed by atoms with Crippen LogP contribution >= 0.6 is 0 Å². The predicted molar refractivity (Wildman–Crippen MR) is 172 cm³/mol. The van der Waals surface area contributed by atoms with Gasteiger partial charge in [0.15, 0.2) is 17.2 Å². The SMILES string of the molecule is C=C(F)/C(CC)=c1/c(-c2nnc3c(N4CCC[C@@](C)(O)C4)nc(OCC4(CN5CCOCC5)CC4)nc3c2F)cc(O)c/c1=C/C. The van der Waals surface area contributed by atoms with Gasteiger partial charge >= 0.3 is 6.01 Å². The predicted octanol–water partition coefficient (Wildman–Crippen LogP) is 3.62. The second kappa shape index (κ2) is 12.8. The Morgan fingerprint density at radius 2 is 1.89 bits per heavy atom. The molecule has 2 N–H and O–H groups in total. The number of aromatic nitrogens is 4. The summed E-state index contributed by atoms with van der Waals surface area (Å²) in [6.45, 7) is 14.1. The molecular weight excluding hydrogens is 594 g/mol. The lowest BCUT2D eigenvalue weighted by molar-refractivity contribution is 0.0231. The fourth-order valence-electron chi connectivity index (χ4n) is 6.66. The van der Waals surface area contributed by atoms with Crippen LogP contribution in [0.25, 0.3) is 33.9 Å². The largest absolute Gasteiger partial charge is 0.508 e. The molecule has 12 heteroatoms. The number of allylic oxidation sites excluding steroid dienone is 1. The summed E-state index contributed by atoms with van der Waals surface area (Å²) in [5.41, 5.74) is -0.746. The van der Waals surface area contributed by atoms with Crippen LogP contribution in [-0.2, 0) is 4.74 Å². The molecule has 4 heterocycles. The molecule has 6 rings (SSSR count). The fourth-order valence-corrected chi connectivity index (χ4v) is 6.66. The molecule has 246 valence electrons. The molecule has 3 fully saturated rings. The number of nitrogens with zero attached hydrogens (tertiary/aromatic N) is 6.